The molecular formula is C15H22FN6O8P. The third-order valence-electron chi connectivity index (χ3n) is 4.71. The van der Waals surface area contributed by atoms with E-state index in [0.717, 1.165) is 13.8 Å². The highest BCUT2D eigenvalue weighted by molar-refractivity contribution is 7.50. The molecule has 3 heterocycles. The first-order valence-corrected chi connectivity index (χ1v) is 10.5. The highest BCUT2D eigenvalue weighted by Gasteiger charge is 2.55. The van der Waals surface area contributed by atoms with Gasteiger partial charge >= 0.3 is 13.7 Å². The van der Waals surface area contributed by atoms with E-state index >= 15 is 4.39 Å². The van der Waals surface area contributed by atoms with Gasteiger partial charge in [-0.15, -0.1) is 0 Å². The summed E-state index contributed by atoms with van der Waals surface area (Å²) >= 11 is 0. The Kier molecular flexibility index (Phi) is 6.19. The topological polar surface area (TPSA) is 204 Å². The SMILES string of the molecule is COc1nc(N)nc2c1ncn2C1OC(COP(=O)(O)NC(C)C(=O)O)C(O)C1(C)F. The van der Waals surface area contributed by atoms with Crippen molar-refractivity contribution in [2.45, 2.75) is 44.0 Å². The zero-order valence-electron chi connectivity index (χ0n) is 16.7. The number of methoxy groups -OCH3 is 1. The number of aromatic nitrogens is 4. The lowest BCUT2D eigenvalue weighted by Crippen LogP contribution is -2.41. The van der Waals surface area contributed by atoms with E-state index in [0.29, 0.717) is 0 Å². The van der Waals surface area contributed by atoms with Crippen LogP contribution in [0.2, 0.25) is 0 Å². The fraction of sp³-hybridized carbons (Fsp3) is 0.600. The van der Waals surface area contributed by atoms with Gasteiger partial charge in [0, 0.05) is 0 Å². The number of alkyl halides is 1. The number of nitrogen functional groups attached to an aromatic ring is 1. The highest BCUT2D eigenvalue weighted by atomic mass is 31.2. The Morgan fingerprint density at radius 2 is 2.23 bits per heavy atom. The van der Waals surface area contributed by atoms with E-state index in [2.05, 4.69) is 15.0 Å². The maximum Gasteiger partial charge on any atom is 0.403 e. The summed E-state index contributed by atoms with van der Waals surface area (Å²) in [5.74, 6) is -1.49. The molecule has 0 aromatic carbocycles. The minimum atomic E-state index is -4.58. The summed E-state index contributed by atoms with van der Waals surface area (Å²) < 4.78 is 44.1. The van der Waals surface area contributed by atoms with Gasteiger partial charge in [0.15, 0.2) is 23.1 Å². The third kappa shape index (κ3) is 4.46. The van der Waals surface area contributed by atoms with E-state index < -0.39 is 50.5 Å². The molecule has 0 saturated carbocycles. The molecule has 0 bridgehead atoms. The first-order chi connectivity index (χ1) is 14.4. The minimum absolute atomic E-state index is 0.0556. The number of hydrogen-bond acceptors (Lipinski definition) is 10. The summed E-state index contributed by atoms with van der Waals surface area (Å²) in [5, 5.41) is 21.1. The van der Waals surface area contributed by atoms with Crippen LogP contribution in [-0.4, -0.2) is 78.2 Å². The Hall–Kier alpha value is -2.42. The predicted octanol–water partition coefficient (Wildman–Crippen LogP) is -0.417. The molecule has 0 radical (unpaired) electrons. The number of halogens is 1. The second-order valence-electron chi connectivity index (χ2n) is 7.04. The smallest absolute Gasteiger partial charge is 0.403 e. The number of carboxylic acids is 1. The van der Waals surface area contributed by atoms with Gasteiger partial charge in [-0.25, -0.2) is 19.0 Å². The summed E-state index contributed by atoms with van der Waals surface area (Å²) in [6.07, 6.45) is -3.40. The van der Waals surface area contributed by atoms with Crippen LogP contribution in [0.4, 0.5) is 10.3 Å². The molecule has 1 saturated heterocycles. The number of nitrogens with two attached hydrogens (primary N) is 1. The second kappa shape index (κ2) is 8.26. The highest BCUT2D eigenvalue weighted by Crippen LogP contribution is 2.45. The van der Waals surface area contributed by atoms with Crippen LogP contribution in [0.1, 0.15) is 20.1 Å². The van der Waals surface area contributed by atoms with Crippen LogP contribution in [0.5, 0.6) is 5.88 Å². The van der Waals surface area contributed by atoms with Gasteiger partial charge in [-0.05, 0) is 13.8 Å². The van der Waals surface area contributed by atoms with E-state index in [9.17, 15) is 19.4 Å². The maximum absolute atomic E-state index is 15.4. The normalized spacial score (nSPS) is 29.0. The number of anilines is 1. The Morgan fingerprint density at radius 1 is 1.55 bits per heavy atom. The van der Waals surface area contributed by atoms with Crippen LogP contribution in [0, 0.1) is 0 Å². The Labute approximate surface area is 174 Å². The number of nitrogens with zero attached hydrogens (tertiary/aromatic N) is 4. The lowest BCUT2D eigenvalue weighted by molar-refractivity contribution is -0.138. The van der Waals surface area contributed by atoms with E-state index in [-0.39, 0.29) is 23.0 Å². The van der Waals surface area contributed by atoms with Crippen molar-refractivity contribution in [3.63, 3.8) is 0 Å². The molecule has 6 atom stereocenters. The van der Waals surface area contributed by atoms with E-state index in [1.165, 1.54) is 18.0 Å². The number of hydrogen-bond donors (Lipinski definition) is 5. The monoisotopic (exact) mass is 464 g/mol. The fourth-order valence-corrected chi connectivity index (χ4v) is 4.11. The molecule has 16 heteroatoms. The molecule has 6 unspecified atom stereocenters. The number of aliphatic hydroxyl groups is 1. The zero-order chi connectivity index (χ0) is 23.1. The van der Waals surface area contributed by atoms with Gasteiger partial charge in [-0.1, -0.05) is 0 Å². The van der Waals surface area contributed by atoms with Crippen LogP contribution >= 0.6 is 7.75 Å². The fourth-order valence-electron chi connectivity index (χ4n) is 3.08. The quantitative estimate of drug-likeness (QED) is 0.315. The summed E-state index contributed by atoms with van der Waals surface area (Å²) in [4.78, 5) is 32.5. The molecule has 1 fully saturated rings. The number of aliphatic hydroxyl groups excluding tert-OH is 1. The molecule has 0 aliphatic carbocycles. The number of nitrogens with one attached hydrogen (secondary N) is 1. The lowest BCUT2D eigenvalue weighted by Gasteiger charge is -2.24. The average molecular weight is 464 g/mol. The van der Waals surface area contributed by atoms with Gasteiger partial charge in [0.2, 0.25) is 11.8 Å². The molecule has 2 aromatic rings. The molecule has 6 N–H and O–H groups in total. The number of aliphatic carboxylic acids is 1. The zero-order valence-corrected chi connectivity index (χ0v) is 17.6. The van der Waals surface area contributed by atoms with Crippen LogP contribution in [0.25, 0.3) is 11.2 Å². The molecular weight excluding hydrogens is 442 g/mol. The van der Waals surface area contributed by atoms with Crippen molar-refractivity contribution in [1.82, 2.24) is 24.6 Å². The van der Waals surface area contributed by atoms with Gasteiger partial charge in [-0.2, -0.15) is 9.97 Å². The molecule has 0 spiro atoms. The standard InChI is InChI=1S/C15H22FN6O8P/c1-6(12(24)25)21-31(26,27)29-4-7-9(23)15(2,16)13(30-7)22-5-18-8-10(22)19-14(17)20-11(8)28-3/h5-7,9,13,23H,4H2,1-3H3,(H,24,25)(H2,17,19,20)(H2,21,26,27). The van der Waals surface area contributed by atoms with Gasteiger partial charge in [0.05, 0.1) is 20.0 Å². The average Bonchev–Trinajstić information content (AvgIpc) is 3.18. The second-order valence-corrected chi connectivity index (χ2v) is 8.60. The van der Waals surface area contributed by atoms with E-state index in [4.69, 9.17) is 24.8 Å². The minimum Gasteiger partial charge on any atom is -0.480 e. The Bertz CT molecular complexity index is 1030. The third-order valence-corrected chi connectivity index (χ3v) is 5.92. The number of carbonyl (C=O) groups is 1. The van der Waals surface area contributed by atoms with Crippen molar-refractivity contribution in [2.24, 2.45) is 0 Å². The van der Waals surface area contributed by atoms with Crippen LogP contribution < -0.4 is 15.6 Å². The van der Waals surface area contributed by atoms with Crippen LogP contribution in [-0.2, 0) is 18.6 Å². The number of fused-ring (bicyclic) bond motifs is 1. The predicted molar refractivity (Wildman–Crippen MR) is 102 cm³/mol. The molecule has 0 amide bonds. The van der Waals surface area contributed by atoms with Gasteiger partial charge in [0.25, 0.3) is 0 Å². The number of imidazole rings is 1. The van der Waals surface area contributed by atoms with Crippen molar-refractivity contribution >= 4 is 30.8 Å². The summed E-state index contributed by atoms with van der Waals surface area (Å²) in [5.41, 5.74) is 3.52. The summed E-state index contributed by atoms with van der Waals surface area (Å²) in [6, 6.07) is -1.39. The molecule has 172 valence electrons. The Morgan fingerprint density at radius 3 is 2.84 bits per heavy atom. The molecule has 3 rings (SSSR count). The van der Waals surface area contributed by atoms with Gasteiger partial charge in [0.1, 0.15) is 18.2 Å². The summed E-state index contributed by atoms with van der Waals surface area (Å²) in [7, 11) is -3.23. The van der Waals surface area contributed by atoms with Gasteiger partial charge < -0.3 is 30.3 Å². The van der Waals surface area contributed by atoms with Crippen molar-refractivity contribution in [3.8, 4) is 5.88 Å². The molecule has 2 aromatic heterocycles. The Balaban J connectivity index is 1.82. The number of rotatable bonds is 8. The summed E-state index contributed by atoms with van der Waals surface area (Å²) in [6.45, 7) is 1.49. The lowest BCUT2D eigenvalue weighted by atomic mass is 9.98. The molecule has 1 aliphatic heterocycles. The van der Waals surface area contributed by atoms with Crippen molar-refractivity contribution < 1.29 is 42.9 Å². The van der Waals surface area contributed by atoms with E-state index in [1.807, 2.05) is 5.09 Å². The van der Waals surface area contributed by atoms with Crippen molar-refractivity contribution in [3.05, 3.63) is 6.33 Å². The molecule has 1 aliphatic rings. The first-order valence-electron chi connectivity index (χ1n) is 8.91. The number of carboxylic acid groups (broad SMARTS) is 1. The van der Waals surface area contributed by atoms with Crippen molar-refractivity contribution in [1.29, 1.82) is 0 Å². The van der Waals surface area contributed by atoms with Gasteiger partial charge in [-0.3, -0.25) is 13.9 Å². The number of ether oxygens (including phenoxy) is 2. The van der Waals surface area contributed by atoms with Crippen LogP contribution in [0.3, 0.4) is 0 Å². The van der Waals surface area contributed by atoms with Crippen LogP contribution in [0.15, 0.2) is 6.33 Å². The largest absolute Gasteiger partial charge is 0.480 e. The molecule has 31 heavy (non-hydrogen) atoms. The first kappa shape index (κ1) is 23.2. The maximum atomic E-state index is 15.4. The van der Waals surface area contributed by atoms with Crippen molar-refractivity contribution in [2.75, 3.05) is 19.5 Å². The molecule has 14 nitrogen and oxygen atoms in total. The van der Waals surface area contributed by atoms with E-state index in [1.54, 1.807) is 0 Å².